The van der Waals surface area contributed by atoms with Crippen molar-refractivity contribution in [1.29, 1.82) is 0 Å². The predicted octanol–water partition coefficient (Wildman–Crippen LogP) is 6.19. The van der Waals surface area contributed by atoms with E-state index in [1.807, 2.05) is 24.3 Å². The van der Waals surface area contributed by atoms with Crippen LogP contribution in [0.2, 0.25) is 5.02 Å². The SMILES string of the molecule is NC(=O)c1cc(-c2cccc3cc(Cc4cc(F)cc(Cl)c4)sc23)ccc1F. The van der Waals surface area contributed by atoms with E-state index >= 15 is 0 Å². The van der Waals surface area contributed by atoms with Gasteiger partial charge < -0.3 is 5.73 Å². The van der Waals surface area contributed by atoms with E-state index in [0.29, 0.717) is 17.0 Å². The van der Waals surface area contributed by atoms with Crippen molar-refractivity contribution in [1.82, 2.24) is 0 Å². The van der Waals surface area contributed by atoms with E-state index in [-0.39, 0.29) is 11.4 Å². The van der Waals surface area contributed by atoms with Crippen molar-refractivity contribution < 1.29 is 13.6 Å². The summed E-state index contributed by atoms with van der Waals surface area (Å²) in [5, 5.41) is 1.38. The largest absolute Gasteiger partial charge is 0.366 e. The maximum Gasteiger partial charge on any atom is 0.251 e. The molecule has 4 aromatic rings. The van der Waals surface area contributed by atoms with Crippen molar-refractivity contribution >= 4 is 38.9 Å². The predicted molar refractivity (Wildman–Crippen MR) is 110 cm³/mol. The highest BCUT2D eigenvalue weighted by Gasteiger charge is 2.13. The lowest BCUT2D eigenvalue weighted by Gasteiger charge is -2.06. The number of carbonyl (C=O) groups excluding carboxylic acids is 1. The number of carbonyl (C=O) groups is 1. The average Bonchev–Trinajstić information content (AvgIpc) is 3.03. The molecule has 6 heteroatoms. The van der Waals surface area contributed by atoms with Crippen molar-refractivity contribution in [3.05, 3.63) is 93.3 Å². The second kappa shape index (κ2) is 7.34. The quantitative estimate of drug-likeness (QED) is 0.426. The summed E-state index contributed by atoms with van der Waals surface area (Å²) in [5.74, 6) is -1.81. The first-order chi connectivity index (χ1) is 13.4. The summed E-state index contributed by atoms with van der Waals surface area (Å²) in [6.45, 7) is 0. The fourth-order valence-corrected chi connectivity index (χ4v) is 4.70. The summed E-state index contributed by atoms with van der Waals surface area (Å²) in [6, 6.07) is 16.7. The number of fused-ring (bicyclic) bond motifs is 1. The Morgan fingerprint density at radius 2 is 1.86 bits per heavy atom. The Labute approximate surface area is 169 Å². The Morgan fingerprint density at radius 3 is 2.61 bits per heavy atom. The molecule has 0 spiro atoms. The van der Waals surface area contributed by atoms with Gasteiger partial charge >= 0.3 is 0 Å². The third kappa shape index (κ3) is 3.63. The number of halogens is 3. The standard InChI is InChI=1S/C22H14ClF2NOS/c23-15-6-12(7-16(24)11-15)8-17-9-14-2-1-3-18(21(14)28-17)13-4-5-20(25)19(10-13)22(26)27/h1-7,9-11H,8H2,(H2,26,27). The minimum absolute atomic E-state index is 0.138. The van der Waals surface area contributed by atoms with Gasteiger partial charge in [-0.25, -0.2) is 8.78 Å². The molecule has 0 atom stereocenters. The van der Waals surface area contributed by atoms with Gasteiger partial charge in [-0.15, -0.1) is 11.3 Å². The van der Waals surface area contributed by atoms with Gasteiger partial charge in [-0.05, 0) is 58.5 Å². The summed E-state index contributed by atoms with van der Waals surface area (Å²) in [5.41, 5.74) is 7.51. The molecule has 2 N–H and O–H groups in total. The Bertz CT molecular complexity index is 1200. The van der Waals surface area contributed by atoms with Crippen LogP contribution in [0.25, 0.3) is 21.2 Å². The summed E-state index contributed by atoms with van der Waals surface area (Å²) in [7, 11) is 0. The van der Waals surface area contributed by atoms with Gasteiger partial charge in [0.15, 0.2) is 0 Å². The first-order valence-corrected chi connectivity index (χ1v) is 9.66. The molecule has 0 unspecified atom stereocenters. The summed E-state index contributed by atoms with van der Waals surface area (Å²) in [6.07, 6.45) is 0.548. The number of benzene rings is 3. The van der Waals surface area contributed by atoms with E-state index in [1.54, 1.807) is 23.5 Å². The van der Waals surface area contributed by atoms with Gasteiger partial charge in [0.25, 0.3) is 5.91 Å². The molecule has 1 aromatic heterocycles. The first-order valence-electron chi connectivity index (χ1n) is 8.47. The summed E-state index contributed by atoms with van der Waals surface area (Å²) < 4.78 is 28.4. The molecular formula is C22H14ClF2NOS. The maximum absolute atomic E-state index is 13.8. The summed E-state index contributed by atoms with van der Waals surface area (Å²) >= 11 is 7.52. The molecule has 0 saturated heterocycles. The van der Waals surface area contributed by atoms with Gasteiger partial charge in [-0.2, -0.15) is 0 Å². The molecule has 1 amide bonds. The monoisotopic (exact) mass is 413 g/mol. The number of hydrogen-bond acceptors (Lipinski definition) is 2. The van der Waals surface area contributed by atoms with Crippen molar-refractivity contribution in [2.45, 2.75) is 6.42 Å². The van der Waals surface area contributed by atoms with Crippen LogP contribution in [0.15, 0.2) is 60.7 Å². The highest BCUT2D eigenvalue weighted by Crippen LogP contribution is 2.36. The topological polar surface area (TPSA) is 43.1 Å². The van der Waals surface area contributed by atoms with Crippen molar-refractivity contribution in [3.8, 4) is 11.1 Å². The lowest BCUT2D eigenvalue weighted by atomic mass is 10.0. The number of hydrogen-bond donors (Lipinski definition) is 1. The van der Waals surface area contributed by atoms with E-state index in [9.17, 15) is 13.6 Å². The fourth-order valence-electron chi connectivity index (χ4n) is 3.23. The second-order valence-electron chi connectivity index (χ2n) is 6.45. The molecule has 28 heavy (non-hydrogen) atoms. The van der Waals surface area contributed by atoms with Gasteiger partial charge in [0.1, 0.15) is 11.6 Å². The molecule has 1 heterocycles. The van der Waals surface area contributed by atoms with E-state index < -0.39 is 11.7 Å². The molecule has 0 saturated carbocycles. The van der Waals surface area contributed by atoms with Gasteiger partial charge in [-0.3, -0.25) is 4.79 Å². The molecule has 2 nitrogen and oxygen atoms in total. The van der Waals surface area contributed by atoms with Gasteiger partial charge in [0.05, 0.1) is 5.56 Å². The Morgan fingerprint density at radius 1 is 1.04 bits per heavy atom. The first kappa shape index (κ1) is 18.6. The Kier molecular flexibility index (Phi) is 4.87. The van der Waals surface area contributed by atoms with Crippen molar-refractivity contribution in [3.63, 3.8) is 0 Å². The van der Waals surface area contributed by atoms with Crippen molar-refractivity contribution in [2.24, 2.45) is 5.73 Å². The van der Waals surface area contributed by atoms with Crippen LogP contribution in [-0.4, -0.2) is 5.91 Å². The number of rotatable bonds is 4. The van der Waals surface area contributed by atoms with Crippen LogP contribution in [0.4, 0.5) is 8.78 Å². The van der Waals surface area contributed by atoms with Crippen LogP contribution in [-0.2, 0) is 6.42 Å². The fraction of sp³-hybridized carbons (Fsp3) is 0.0455. The number of amides is 1. The average molecular weight is 414 g/mol. The molecule has 0 aliphatic heterocycles. The van der Waals surface area contributed by atoms with Crippen LogP contribution in [0.5, 0.6) is 0 Å². The van der Waals surface area contributed by atoms with Gasteiger partial charge in [0.2, 0.25) is 0 Å². The maximum atomic E-state index is 13.8. The van der Waals surface area contributed by atoms with Crippen LogP contribution in [0, 0.1) is 11.6 Å². The van der Waals surface area contributed by atoms with Crippen molar-refractivity contribution in [2.75, 3.05) is 0 Å². The van der Waals surface area contributed by atoms with E-state index in [1.165, 1.54) is 24.3 Å². The molecule has 0 bridgehead atoms. The number of nitrogens with two attached hydrogens (primary N) is 1. The van der Waals surface area contributed by atoms with Crippen LogP contribution < -0.4 is 5.73 Å². The molecule has 4 rings (SSSR count). The zero-order valence-electron chi connectivity index (χ0n) is 14.5. The summed E-state index contributed by atoms with van der Waals surface area (Å²) in [4.78, 5) is 12.5. The van der Waals surface area contributed by atoms with Gasteiger partial charge in [0, 0.05) is 21.0 Å². The third-order valence-corrected chi connectivity index (χ3v) is 5.84. The van der Waals surface area contributed by atoms with Crippen LogP contribution >= 0.6 is 22.9 Å². The lowest BCUT2D eigenvalue weighted by molar-refractivity contribution is 0.0996. The van der Waals surface area contributed by atoms with Gasteiger partial charge in [-0.1, -0.05) is 35.9 Å². The lowest BCUT2D eigenvalue weighted by Crippen LogP contribution is -2.13. The van der Waals surface area contributed by atoms with E-state index in [2.05, 4.69) is 0 Å². The Balaban J connectivity index is 1.77. The minimum Gasteiger partial charge on any atom is -0.366 e. The number of primary amides is 1. The molecule has 0 radical (unpaired) electrons. The third-order valence-electron chi connectivity index (χ3n) is 4.44. The van der Waals surface area contributed by atoms with E-state index in [4.69, 9.17) is 17.3 Å². The molecule has 0 fully saturated rings. The molecule has 0 aliphatic carbocycles. The molecule has 140 valence electrons. The molecular weight excluding hydrogens is 400 g/mol. The number of thiophene rings is 1. The van der Waals surface area contributed by atoms with Crippen LogP contribution in [0.1, 0.15) is 20.8 Å². The second-order valence-corrected chi connectivity index (χ2v) is 8.02. The zero-order valence-corrected chi connectivity index (χ0v) is 16.1. The smallest absolute Gasteiger partial charge is 0.251 e. The normalized spacial score (nSPS) is 11.1. The van der Waals surface area contributed by atoms with E-state index in [0.717, 1.165) is 26.1 Å². The highest BCUT2D eigenvalue weighted by molar-refractivity contribution is 7.19. The molecule has 3 aromatic carbocycles. The minimum atomic E-state index is -0.804. The highest BCUT2D eigenvalue weighted by atomic mass is 35.5. The van der Waals surface area contributed by atoms with Crippen LogP contribution in [0.3, 0.4) is 0 Å². The Hall–Kier alpha value is -2.76. The molecule has 0 aliphatic rings. The zero-order chi connectivity index (χ0) is 19.8.